The third kappa shape index (κ3) is 3.79. The van der Waals surface area contributed by atoms with Crippen LogP contribution in [0.4, 0.5) is 0 Å². The van der Waals surface area contributed by atoms with Gasteiger partial charge in [-0.2, -0.15) is 0 Å². The zero-order valence-corrected chi connectivity index (χ0v) is 17.6. The molecule has 3 rings (SSSR count). The molecule has 0 N–H and O–H groups in total. The van der Waals surface area contributed by atoms with Gasteiger partial charge in [0.15, 0.2) is 0 Å². The predicted molar refractivity (Wildman–Crippen MR) is 112 cm³/mol. The van der Waals surface area contributed by atoms with E-state index < -0.39 is 0 Å². The van der Waals surface area contributed by atoms with Crippen LogP contribution in [0, 0.1) is 0 Å². The summed E-state index contributed by atoms with van der Waals surface area (Å²) >= 11 is 13.8. The highest BCUT2D eigenvalue weighted by atomic mass is 35.5. The van der Waals surface area contributed by atoms with E-state index in [1.165, 1.54) is 23.4 Å². The van der Waals surface area contributed by atoms with Crippen molar-refractivity contribution in [3.63, 3.8) is 0 Å². The molecule has 5 nitrogen and oxygen atoms in total. The van der Waals surface area contributed by atoms with Crippen molar-refractivity contribution in [2.45, 2.75) is 30.4 Å². The van der Waals surface area contributed by atoms with Crippen LogP contribution >= 0.6 is 35.0 Å². The van der Waals surface area contributed by atoms with Crippen molar-refractivity contribution < 1.29 is 0 Å². The van der Waals surface area contributed by atoms with Crippen LogP contribution in [0.2, 0.25) is 10.0 Å². The van der Waals surface area contributed by atoms with Crippen molar-refractivity contribution in [1.82, 2.24) is 14.1 Å². The first kappa shape index (κ1) is 20.0. The van der Waals surface area contributed by atoms with Crippen LogP contribution < -0.4 is 11.2 Å². The topological polar surface area (TPSA) is 56.9 Å². The van der Waals surface area contributed by atoms with E-state index in [1.807, 2.05) is 6.07 Å². The molecule has 0 aliphatic rings. The van der Waals surface area contributed by atoms with Crippen LogP contribution in [0.1, 0.15) is 24.5 Å². The second-order valence-electron chi connectivity index (χ2n) is 6.29. The van der Waals surface area contributed by atoms with Gasteiger partial charge in [0.05, 0.1) is 5.39 Å². The van der Waals surface area contributed by atoms with Gasteiger partial charge in [0.2, 0.25) is 0 Å². The molecule has 0 saturated carbocycles. The molecular weight excluding hydrogens is 405 g/mol. The standard InChI is InChI=1S/C19H19Cl2N3O2S/c1-4-5-11-9-22-17-15(18(25)24(3)19(26)23(17)2)16(11)27-10-12-6-7-13(20)8-14(12)21/h6-9H,4-5,10H2,1-3H3. The van der Waals surface area contributed by atoms with Gasteiger partial charge in [-0.15, -0.1) is 11.8 Å². The number of hydrogen-bond acceptors (Lipinski definition) is 4. The number of hydrogen-bond donors (Lipinski definition) is 0. The SMILES string of the molecule is CCCc1cnc2c(c1SCc1ccc(Cl)cc1Cl)c(=O)n(C)c(=O)n2C. The Bertz CT molecular complexity index is 1140. The van der Waals surface area contributed by atoms with Gasteiger partial charge in [0.1, 0.15) is 5.65 Å². The smallest absolute Gasteiger partial charge is 0.280 e. The minimum atomic E-state index is -0.389. The van der Waals surface area contributed by atoms with E-state index in [0.29, 0.717) is 26.8 Å². The number of halogens is 2. The molecule has 0 saturated heterocycles. The van der Waals surface area contributed by atoms with Gasteiger partial charge in [0.25, 0.3) is 5.56 Å². The fourth-order valence-electron chi connectivity index (χ4n) is 2.94. The lowest BCUT2D eigenvalue weighted by atomic mass is 10.1. The second kappa shape index (κ2) is 8.09. The highest BCUT2D eigenvalue weighted by Crippen LogP contribution is 2.33. The summed E-state index contributed by atoms with van der Waals surface area (Å²) in [4.78, 5) is 30.3. The highest BCUT2D eigenvalue weighted by molar-refractivity contribution is 7.98. The van der Waals surface area contributed by atoms with E-state index in [0.717, 1.165) is 33.4 Å². The molecule has 0 spiro atoms. The first-order chi connectivity index (χ1) is 12.8. The maximum atomic E-state index is 12.9. The second-order valence-corrected chi connectivity index (χ2v) is 8.12. The zero-order valence-electron chi connectivity index (χ0n) is 15.3. The summed E-state index contributed by atoms with van der Waals surface area (Å²) in [6, 6.07) is 5.39. The molecule has 27 heavy (non-hydrogen) atoms. The van der Waals surface area contributed by atoms with Gasteiger partial charge in [0, 0.05) is 41.0 Å². The fraction of sp³-hybridized carbons (Fsp3) is 0.316. The van der Waals surface area contributed by atoms with Gasteiger partial charge < -0.3 is 0 Å². The lowest BCUT2D eigenvalue weighted by Gasteiger charge is -2.14. The number of benzene rings is 1. The molecule has 0 atom stereocenters. The average Bonchev–Trinajstić information content (AvgIpc) is 2.64. The van der Waals surface area contributed by atoms with Gasteiger partial charge >= 0.3 is 5.69 Å². The largest absolute Gasteiger partial charge is 0.332 e. The van der Waals surface area contributed by atoms with Crippen molar-refractivity contribution in [3.05, 3.63) is 66.4 Å². The van der Waals surface area contributed by atoms with Crippen LogP contribution in [-0.2, 0) is 26.3 Å². The molecular formula is C19H19Cl2N3O2S. The summed E-state index contributed by atoms with van der Waals surface area (Å²) in [5.41, 5.74) is 1.60. The Morgan fingerprint density at radius 3 is 2.52 bits per heavy atom. The van der Waals surface area contributed by atoms with E-state index in [-0.39, 0.29) is 11.2 Å². The molecule has 3 aromatic rings. The summed E-state index contributed by atoms with van der Waals surface area (Å²) in [7, 11) is 3.11. The summed E-state index contributed by atoms with van der Waals surface area (Å²) in [6.45, 7) is 2.08. The minimum Gasteiger partial charge on any atom is -0.280 e. The van der Waals surface area contributed by atoms with Gasteiger partial charge in [-0.1, -0.05) is 42.6 Å². The van der Waals surface area contributed by atoms with Gasteiger partial charge in [-0.05, 0) is 29.7 Å². The maximum Gasteiger partial charge on any atom is 0.332 e. The van der Waals surface area contributed by atoms with Crippen molar-refractivity contribution in [2.75, 3.05) is 0 Å². The number of nitrogens with zero attached hydrogens (tertiary/aromatic N) is 3. The number of rotatable bonds is 5. The van der Waals surface area contributed by atoms with Crippen LogP contribution in [0.5, 0.6) is 0 Å². The number of pyridine rings is 1. The lowest BCUT2D eigenvalue weighted by Crippen LogP contribution is -2.37. The molecule has 8 heteroatoms. The maximum absolute atomic E-state index is 12.9. The van der Waals surface area contributed by atoms with Crippen LogP contribution in [0.3, 0.4) is 0 Å². The van der Waals surface area contributed by atoms with E-state index in [2.05, 4.69) is 11.9 Å². The molecule has 0 fully saturated rings. The summed E-state index contributed by atoms with van der Waals surface area (Å²) < 4.78 is 2.53. The molecule has 0 aliphatic heterocycles. The van der Waals surface area contributed by atoms with Crippen LogP contribution in [0.25, 0.3) is 11.0 Å². The van der Waals surface area contributed by atoms with Crippen molar-refractivity contribution in [3.8, 4) is 0 Å². The Labute approximate surface area is 170 Å². The Morgan fingerprint density at radius 2 is 1.85 bits per heavy atom. The third-order valence-corrected chi connectivity index (χ3v) is 6.20. The molecule has 0 amide bonds. The first-order valence-corrected chi connectivity index (χ1v) is 10.2. The summed E-state index contributed by atoms with van der Waals surface area (Å²) in [5, 5.41) is 1.64. The summed E-state index contributed by atoms with van der Waals surface area (Å²) in [5.74, 6) is 0.581. The molecule has 142 valence electrons. The van der Waals surface area contributed by atoms with Gasteiger partial charge in [-0.25, -0.2) is 9.78 Å². The molecule has 0 radical (unpaired) electrons. The van der Waals surface area contributed by atoms with E-state index in [4.69, 9.17) is 23.2 Å². The van der Waals surface area contributed by atoms with Crippen LogP contribution in [0.15, 0.2) is 38.9 Å². The van der Waals surface area contributed by atoms with E-state index in [1.54, 1.807) is 25.4 Å². The number of thioether (sulfide) groups is 1. The highest BCUT2D eigenvalue weighted by Gasteiger charge is 2.18. The average molecular weight is 424 g/mol. The lowest BCUT2D eigenvalue weighted by molar-refractivity contribution is 0.704. The van der Waals surface area contributed by atoms with Crippen molar-refractivity contribution >= 4 is 46.0 Å². The molecule has 1 aromatic carbocycles. The molecule has 2 heterocycles. The van der Waals surface area contributed by atoms with Crippen molar-refractivity contribution in [2.24, 2.45) is 14.1 Å². The number of fused-ring (bicyclic) bond motifs is 1. The zero-order chi connectivity index (χ0) is 19.7. The quantitative estimate of drug-likeness (QED) is 0.577. The minimum absolute atomic E-state index is 0.330. The predicted octanol–water partition coefficient (Wildman–Crippen LogP) is 4.18. The number of aryl methyl sites for hydroxylation is 2. The first-order valence-electron chi connectivity index (χ1n) is 8.49. The third-order valence-electron chi connectivity index (χ3n) is 4.40. The molecule has 0 bridgehead atoms. The normalized spacial score (nSPS) is 11.3. The van der Waals surface area contributed by atoms with E-state index in [9.17, 15) is 9.59 Å². The molecule has 0 unspecified atom stereocenters. The molecule has 0 aliphatic carbocycles. The fourth-order valence-corrected chi connectivity index (χ4v) is 4.71. The Kier molecular flexibility index (Phi) is 5.99. The van der Waals surface area contributed by atoms with Crippen LogP contribution in [-0.4, -0.2) is 14.1 Å². The number of aromatic nitrogens is 3. The Balaban J connectivity index is 2.18. The van der Waals surface area contributed by atoms with Gasteiger partial charge in [-0.3, -0.25) is 13.9 Å². The monoisotopic (exact) mass is 423 g/mol. The Morgan fingerprint density at radius 1 is 1.11 bits per heavy atom. The Hall–Kier alpha value is -1.76. The van der Waals surface area contributed by atoms with Crippen molar-refractivity contribution in [1.29, 1.82) is 0 Å². The summed E-state index contributed by atoms with van der Waals surface area (Å²) in [6.07, 6.45) is 3.48. The molecule has 2 aromatic heterocycles. The van der Waals surface area contributed by atoms with E-state index >= 15 is 0 Å².